The Balaban J connectivity index is 1.07. The third-order valence-corrected chi connectivity index (χ3v) is 11.5. The average Bonchev–Trinajstić information content (AvgIpc) is 3.68. The second kappa shape index (κ2) is 12.0. The quantitative estimate of drug-likeness (QED) is 0.194. The molecule has 0 bridgehead atoms. The first-order valence-corrected chi connectivity index (χ1v) is 18.7. The van der Waals surface area contributed by atoms with E-state index in [1.165, 1.54) is 44.5 Å². The van der Waals surface area contributed by atoms with Crippen LogP contribution in [0.3, 0.4) is 0 Å². The van der Waals surface area contributed by atoms with Gasteiger partial charge in [-0.1, -0.05) is 48.5 Å². The fourth-order valence-corrected chi connectivity index (χ4v) is 8.27. The number of nitrogens with zero attached hydrogens (tertiary/aromatic N) is 1. The van der Waals surface area contributed by atoms with E-state index in [2.05, 4.69) is 179 Å². The molecular weight excluding hydrogens is 661 g/mol. The molecule has 10 rings (SSSR count). The fourth-order valence-electron chi connectivity index (χ4n) is 8.27. The molecule has 0 saturated carbocycles. The Labute approximate surface area is 314 Å². The van der Waals surface area contributed by atoms with Crippen LogP contribution in [0, 0.1) is 41.5 Å². The molecule has 4 nitrogen and oxygen atoms in total. The Bertz CT molecular complexity index is 3120. The molecule has 0 fully saturated rings. The van der Waals surface area contributed by atoms with Gasteiger partial charge in [-0.3, -0.25) is 0 Å². The van der Waals surface area contributed by atoms with Gasteiger partial charge in [0.1, 0.15) is 22.3 Å². The lowest BCUT2D eigenvalue weighted by molar-refractivity contribution is 0.664. The highest BCUT2D eigenvalue weighted by atomic mass is 16.3. The van der Waals surface area contributed by atoms with Crippen molar-refractivity contribution in [1.29, 1.82) is 0 Å². The molecule has 262 valence electrons. The molecule has 4 heteroatoms. The van der Waals surface area contributed by atoms with Crippen LogP contribution in [0.1, 0.15) is 33.4 Å². The van der Waals surface area contributed by atoms with Crippen LogP contribution in [0.5, 0.6) is 0 Å². The highest BCUT2D eigenvalue weighted by molar-refractivity contribution is 6.18. The lowest BCUT2D eigenvalue weighted by Crippen LogP contribution is -2.12. The molecule has 2 aromatic heterocycles. The van der Waals surface area contributed by atoms with Crippen molar-refractivity contribution in [1.82, 2.24) is 0 Å². The van der Waals surface area contributed by atoms with Crippen molar-refractivity contribution in [2.24, 2.45) is 0 Å². The fraction of sp³-hybridized carbons (Fsp3) is 0.120. The molecule has 0 saturated heterocycles. The molecule has 0 atom stereocenters. The monoisotopic (exact) mass is 700 g/mol. The molecule has 8 aromatic carbocycles. The van der Waals surface area contributed by atoms with Crippen molar-refractivity contribution in [3.63, 3.8) is 0 Å². The minimum absolute atomic E-state index is 0.858. The number of rotatable bonds is 5. The maximum atomic E-state index is 6.64. The van der Waals surface area contributed by atoms with Crippen LogP contribution in [0.4, 0.5) is 28.4 Å². The summed E-state index contributed by atoms with van der Waals surface area (Å²) in [5.41, 5.74) is 16.7. The van der Waals surface area contributed by atoms with Gasteiger partial charge in [-0.2, -0.15) is 0 Å². The summed E-state index contributed by atoms with van der Waals surface area (Å²) in [7, 11) is 0. The summed E-state index contributed by atoms with van der Waals surface area (Å²) in [6.45, 7) is 13.1. The van der Waals surface area contributed by atoms with Gasteiger partial charge in [-0.15, -0.1) is 0 Å². The van der Waals surface area contributed by atoms with E-state index in [1.54, 1.807) is 0 Å². The van der Waals surface area contributed by atoms with Crippen molar-refractivity contribution < 1.29 is 8.83 Å². The zero-order chi connectivity index (χ0) is 36.8. The van der Waals surface area contributed by atoms with E-state index in [1.807, 2.05) is 0 Å². The number of aryl methyl sites for hydroxylation is 5. The Morgan fingerprint density at radius 3 is 1.57 bits per heavy atom. The number of benzene rings is 8. The maximum Gasteiger partial charge on any atom is 0.136 e. The molecule has 0 aliphatic heterocycles. The van der Waals surface area contributed by atoms with Crippen LogP contribution in [0.25, 0.3) is 65.4 Å². The van der Waals surface area contributed by atoms with Gasteiger partial charge in [-0.25, -0.2) is 0 Å². The summed E-state index contributed by atoms with van der Waals surface area (Å²) < 4.78 is 13.2. The molecule has 1 N–H and O–H groups in total. The van der Waals surface area contributed by atoms with Crippen LogP contribution in [-0.4, -0.2) is 0 Å². The highest BCUT2D eigenvalue weighted by Crippen LogP contribution is 2.42. The third kappa shape index (κ3) is 5.13. The third-order valence-electron chi connectivity index (χ3n) is 11.5. The minimum atomic E-state index is 0.858. The topological polar surface area (TPSA) is 41.6 Å². The number of anilines is 5. The number of hydrogen-bond donors (Lipinski definition) is 1. The van der Waals surface area contributed by atoms with Gasteiger partial charge in [0, 0.05) is 50.0 Å². The summed E-state index contributed by atoms with van der Waals surface area (Å²) >= 11 is 0. The van der Waals surface area contributed by atoms with Gasteiger partial charge in [0.15, 0.2) is 0 Å². The average molecular weight is 701 g/mol. The molecule has 2 heterocycles. The van der Waals surface area contributed by atoms with E-state index in [-0.39, 0.29) is 0 Å². The van der Waals surface area contributed by atoms with E-state index in [0.717, 1.165) is 82.8 Å². The number of hydrogen-bond acceptors (Lipinski definition) is 4. The SMILES string of the molecule is Cc1ccccc1N(c1cc(C)c(C)c(C)c1)c1ccc2cc3c(cc2c1)oc1cc2c(cc13)oc1cc3cc(Nc4c(C)cccc4C)ccc3cc12. The van der Waals surface area contributed by atoms with Crippen molar-refractivity contribution >= 4 is 93.9 Å². The first-order chi connectivity index (χ1) is 26.2. The molecule has 10 aromatic rings. The van der Waals surface area contributed by atoms with Gasteiger partial charge in [0.25, 0.3) is 0 Å². The molecule has 54 heavy (non-hydrogen) atoms. The van der Waals surface area contributed by atoms with Gasteiger partial charge >= 0.3 is 0 Å². The molecule has 0 aliphatic carbocycles. The van der Waals surface area contributed by atoms with Gasteiger partial charge in [-0.05, 0) is 175 Å². The summed E-state index contributed by atoms with van der Waals surface area (Å²) in [5, 5.41) is 12.5. The summed E-state index contributed by atoms with van der Waals surface area (Å²) in [6, 6.07) is 46.0. The zero-order valence-corrected chi connectivity index (χ0v) is 31.4. The minimum Gasteiger partial charge on any atom is -0.456 e. The molecule has 0 spiro atoms. The van der Waals surface area contributed by atoms with E-state index in [9.17, 15) is 0 Å². The Morgan fingerprint density at radius 1 is 0.407 bits per heavy atom. The number of para-hydroxylation sites is 2. The first kappa shape index (κ1) is 32.2. The predicted molar refractivity (Wildman–Crippen MR) is 229 cm³/mol. The van der Waals surface area contributed by atoms with Gasteiger partial charge in [0.2, 0.25) is 0 Å². The van der Waals surface area contributed by atoms with E-state index in [4.69, 9.17) is 8.83 Å². The standard InChI is InChI=1S/C50H40N2O2/c1-28-10-7-8-13-45(28)52(40-18-31(4)33(6)32(5)19-40)39-17-15-35-23-42-44-27-48-43(26-49(44)54-47(42)25-37(35)21-39)41-22-34-14-16-38(20-36(34)24-46(41)53-48)51-50-29(2)11-9-12-30(50)3/h7-27,51H,1-6H3. The van der Waals surface area contributed by atoms with Crippen LogP contribution in [0.2, 0.25) is 0 Å². The van der Waals surface area contributed by atoms with E-state index in [0.29, 0.717) is 0 Å². The van der Waals surface area contributed by atoms with Crippen LogP contribution >= 0.6 is 0 Å². The molecular formula is C50H40N2O2. The zero-order valence-electron chi connectivity index (χ0n) is 31.4. The Hall–Kier alpha value is -6.52. The lowest BCUT2D eigenvalue weighted by Gasteiger charge is -2.28. The molecule has 0 aliphatic rings. The smallest absolute Gasteiger partial charge is 0.136 e. The molecule has 0 unspecified atom stereocenters. The van der Waals surface area contributed by atoms with Crippen molar-refractivity contribution in [2.75, 3.05) is 10.2 Å². The number of nitrogens with one attached hydrogen (secondary N) is 1. The first-order valence-electron chi connectivity index (χ1n) is 18.7. The summed E-state index contributed by atoms with van der Waals surface area (Å²) in [4.78, 5) is 2.38. The van der Waals surface area contributed by atoms with Crippen LogP contribution in [-0.2, 0) is 0 Å². The Kier molecular flexibility index (Phi) is 7.15. The van der Waals surface area contributed by atoms with Gasteiger partial charge < -0.3 is 19.1 Å². The van der Waals surface area contributed by atoms with Crippen LogP contribution < -0.4 is 10.2 Å². The van der Waals surface area contributed by atoms with E-state index >= 15 is 0 Å². The van der Waals surface area contributed by atoms with E-state index < -0.39 is 0 Å². The van der Waals surface area contributed by atoms with Crippen LogP contribution in [0.15, 0.2) is 136 Å². The highest BCUT2D eigenvalue weighted by Gasteiger charge is 2.19. The van der Waals surface area contributed by atoms with Crippen molar-refractivity contribution in [3.05, 3.63) is 161 Å². The lowest BCUT2D eigenvalue weighted by atomic mass is 10.0. The van der Waals surface area contributed by atoms with Crippen molar-refractivity contribution in [2.45, 2.75) is 41.5 Å². The summed E-state index contributed by atoms with van der Waals surface area (Å²) in [6.07, 6.45) is 0. The largest absolute Gasteiger partial charge is 0.456 e. The normalized spacial score (nSPS) is 11.9. The predicted octanol–water partition coefficient (Wildman–Crippen LogP) is 14.9. The maximum absolute atomic E-state index is 6.64. The second-order valence-corrected chi connectivity index (χ2v) is 15.1. The second-order valence-electron chi connectivity index (χ2n) is 15.1. The molecule has 0 radical (unpaired) electrons. The number of fused-ring (bicyclic) bond motifs is 8. The summed E-state index contributed by atoms with van der Waals surface area (Å²) in [5.74, 6) is 0. The Morgan fingerprint density at radius 2 is 0.944 bits per heavy atom. The van der Waals surface area contributed by atoms with Gasteiger partial charge in [0.05, 0.1) is 0 Å². The number of furan rings is 2. The van der Waals surface area contributed by atoms with Crippen molar-refractivity contribution in [3.8, 4) is 0 Å². The molecule has 0 amide bonds.